The van der Waals surface area contributed by atoms with Gasteiger partial charge in [0.15, 0.2) is 0 Å². The molecule has 0 radical (unpaired) electrons. The topological polar surface area (TPSA) is 14.2 Å². The maximum atomic E-state index is 6.03. The van der Waals surface area contributed by atoms with Crippen LogP contribution in [0.1, 0.15) is 16.7 Å². The minimum Gasteiger partial charge on any atom is -0.497 e. The molecule has 0 fully saturated rings. The lowest BCUT2D eigenvalue weighted by Crippen LogP contribution is -2.38. The molecule has 0 spiro atoms. The summed E-state index contributed by atoms with van der Waals surface area (Å²) < 4.78 is 9.14. The molecule has 33 rings (SSSR count). The monoisotopic (exact) mass is 829 g/mol. The molecule has 0 saturated carbocycles. The predicted molar refractivity (Wildman–Crippen MR) is 287 cm³/mol. The zero-order chi connectivity index (χ0) is 40.3. The maximum absolute atomic E-state index is 6.03. The second-order valence-electron chi connectivity index (χ2n) is 24.5. The molecule has 1 aliphatic carbocycles. The highest BCUT2D eigenvalue weighted by Crippen LogP contribution is 2.81. The van der Waals surface area contributed by atoms with E-state index in [0.717, 1.165) is 5.75 Å². The number of methoxy groups -OCH3 is 1. The Kier molecular flexibility index (Phi) is 2.02. The van der Waals surface area contributed by atoms with Crippen molar-refractivity contribution in [1.29, 1.82) is 0 Å². The Hall–Kier alpha value is -8.72. The molecule has 3 heterocycles. The molecule has 2 heteroatoms. The van der Waals surface area contributed by atoms with Crippen molar-refractivity contribution in [2.45, 2.75) is 5.54 Å². The van der Waals surface area contributed by atoms with E-state index < -0.39 is 5.54 Å². The molecule has 0 saturated heterocycles. The van der Waals surface area contributed by atoms with Crippen molar-refractivity contribution in [3.8, 4) is 5.75 Å². The molecule has 1 aromatic heterocycles. The summed E-state index contributed by atoms with van der Waals surface area (Å²) in [6, 6.07) is 9.60. The molecule has 282 valence electrons. The largest absolute Gasteiger partial charge is 0.497 e. The van der Waals surface area contributed by atoms with Crippen molar-refractivity contribution in [2.24, 2.45) is 0 Å². The Morgan fingerprint density at radius 1 is 0.235 bits per heavy atom. The third kappa shape index (κ3) is 1.29. The van der Waals surface area contributed by atoms with Crippen LogP contribution in [0.15, 0.2) is 24.3 Å². The zero-order valence-corrected chi connectivity index (χ0v) is 34.7. The van der Waals surface area contributed by atoms with Gasteiger partial charge in [-0.15, -0.1) is 0 Å². The van der Waals surface area contributed by atoms with Crippen molar-refractivity contribution in [2.75, 3.05) is 7.11 Å². The Morgan fingerprint density at radius 3 is 0.632 bits per heavy atom. The Bertz CT molecular complexity index is 6850. The maximum Gasteiger partial charge on any atom is 0.123 e. The summed E-state index contributed by atoms with van der Waals surface area (Å²) in [7, 11) is 1.84. The van der Waals surface area contributed by atoms with Crippen LogP contribution in [0.4, 0.5) is 0 Å². The van der Waals surface area contributed by atoms with Gasteiger partial charge in [-0.1, -0.05) is 12.1 Å². The van der Waals surface area contributed by atoms with Gasteiger partial charge in [0, 0.05) is 189 Å². The molecule has 3 aliphatic rings. The van der Waals surface area contributed by atoms with Gasteiger partial charge in [0.2, 0.25) is 0 Å². The molecule has 0 atom stereocenters. The highest BCUT2D eigenvalue weighted by molar-refractivity contribution is 6.83. The van der Waals surface area contributed by atoms with Crippen molar-refractivity contribution in [3.05, 3.63) is 41.0 Å². The van der Waals surface area contributed by atoms with E-state index in [9.17, 15) is 0 Å². The van der Waals surface area contributed by atoms with E-state index in [-0.39, 0.29) is 0 Å². The second kappa shape index (κ2) is 5.57. The van der Waals surface area contributed by atoms with Crippen LogP contribution in [0.2, 0.25) is 0 Å². The van der Waals surface area contributed by atoms with Crippen molar-refractivity contribution in [3.63, 3.8) is 0 Å². The van der Waals surface area contributed by atoms with E-state index in [0.29, 0.717) is 0 Å². The SMILES string of the molecule is COc1ccc(C23c4c5c6c2c2c7c8c6c6c9c5c5c%10c4c4c%11c%10c%10c%12c5c9c5c9c6c8c6c8c7c7c%13c%14c8c8c6c9c6c5c%12c5c%10c9c%10c%12c5c6c8c%12c%14c5c%10c(c9%11)c6c(c5%13)c(c27)n3c46)cc1. The Balaban J connectivity index is 1.23. The fraction of sp³-hybridized carbons (Fsp3) is 0.0303. The van der Waals surface area contributed by atoms with Crippen LogP contribution < -0.4 is 4.74 Å². The molecule has 2 aliphatic heterocycles. The molecule has 30 aromatic rings. The molecule has 0 bridgehead atoms. The molecular formula is C66H7NO. The molecule has 2 nitrogen and oxygen atoms in total. The summed E-state index contributed by atoms with van der Waals surface area (Å²) in [6.45, 7) is 0. The fourth-order valence-corrected chi connectivity index (χ4v) is 23.9. The molecule has 0 N–H and O–H groups in total. The third-order valence-corrected chi connectivity index (χ3v) is 24.2. The van der Waals surface area contributed by atoms with Gasteiger partial charge in [0.1, 0.15) is 11.3 Å². The highest BCUT2D eigenvalue weighted by Gasteiger charge is 2.59. The number of benzene rings is 19. The first-order valence-electron chi connectivity index (χ1n) is 25.1. The van der Waals surface area contributed by atoms with E-state index in [1.54, 1.807) is 313 Å². The average molecular weight is 830 g/mol. The summed E-state index contributed by atoms with van der Waals surface area (Å²) in [5, 5.41) is 88.0. The minimum absolute atomic E-state index is 0.530. The lowest BCUT2D eigenvalue weighted by Gasteiger charge is -2.42. The number of rotatable bonds is 2. The van der Waals surface area contributed by atoms with Crippen LogP contribution in [-0.4, -0.2) is 11.7 Å². The van der Waals surface area contributed by atoms with Gasteiger partial charge < -0.3 is 9.30 Å². The summed E-state index contributed by atoms with van der Waals surface area (Å²) in [5.74, 6) is 0.938. The molecule has 29 aromatic carbocycles. The van der Waals surface area contributed by atoms with Gasteiger partial charge in [-0.3, -0.25) is 0 Å². The summed E-state index contributed by atoms with van der Waals surface area (Å²) in [4.78, 5) is 0. The van der Waals surface area contributed by atoms with E-state index in [2.05, 4.69) is 28.8 Å². The van der Waals surface area contributed by atoms with Crippen LogP contribution in [0, 0.1) is 0 Å². The molecular weight excluding hydrogens is 823 g/mol. The molecule has 0 unspecified atom stereocenters. The number of nitrogens with zero attached hydrogens (tertiary/aromatic N) is 1. The number of hydrogen-bond donors (Lipinski definition) is 0. The van der Waals surface area contributed by atoms with Crippen molar-refractivity contribution < 1.29 is 4.74 Å². The normalized spacial score (nSPS) is 18.2. The first-order valence-corrected chi connectivity index (χ1v) is 25.1. The van der Waals surface area contributed by atoms with E-state index in [1.165, 1.54) is 5.56 Å². The third-order valence-electron chi connectivity index (χ3n) is 24.2. The van der Waals surface area contributed by atoms with Gasteiger partial charge in [-0.05, 0) is 131 Å². The highest BCUT2D eigenvalue weighted by atomic mass is 16.5. The molecule has 68 heavy (non-hydrogen) atoms. The number of hydrogen-bond acceptors (Lipinski definition) is 1. The standard InChI is InChI=1S/C66H7NO/c1-68-7-4-2-6(3-5-7)66-62-54-46-36-26-18-10-8-9-12-16-14(10)22-30(26)40(46)48-42-32(22)24(16)34-28-20(12)21-13(9)17-15-11(8)19(18)27-31-23(15)33-25(17)35-29(21)39-38(28)52-44(34)50(42)58(56(48)62)64-60(52)61-53(39)45(35)51-43(33)49-41(31)47(37(27)36)55(54)63(66)57(49)59(51)65(61)67(64)66/h2-5H,1H3. The lowest BCUT2D eigenvalue weighted by atomic mass is 9.73. The van der Waals surface area contributed by atoms with Crippen molar-refractivity contribution >= 4 is 302 Å². The Labute approximate surface area is 368 Å². The van der Waals surface area contributed by atoms with Gasteiger partial charge in [-0.25, -0.2) is 0 Å². The van der Waals surface area contributed by atoms with Gasteiger partial charge in [0.25, 0.3) is 0 Å². The van der Waals surface area contributed by atoms with Crippen LogP contribution >= 0.6 is 0 Å². The van der Waals surface area contributed by atoms with Crippen LogP contribution in [0.3, 0.4) is 0 Å². The van der Waals surface area contributed by atoms with Gasteiger partial charge in [0.05, 0.1) is 18.1 Å². The first kappa shape index (κ1) is 24.7. The van der Waals surface area contributed by atoms with Crippen LogP contribution in [-0.2, 0) is 5.54 Å². The quantitative estimate of drug-likeness (QED) is 0.158. The summed E-state index contributed by atoms with van der Waals surface area (Å²) in [6.07, 6.45) is 0. The van der Waals surface area contributed by atoms with Gasteiger partial charge >= 0.3 is 0 Å². The predicted octanol–water partition coefficient (Wildman–Crippen LogP) is 17.9. The minimum atomic E-state index is -0.530. The first-order chi connectivity index (χ1) is 33.9. The Morgan fingerprint density at radius 2 is 0.412 bits per heavy atom. The van der Waals surface area contributed by atoms with E-state index in [4.69, 9.17) is 4.74 Å². The second-order valence-corrected chi connectivity index (χ2v) is 24.5. The fourth-order valence-electron chi connectivity index (χ4n) is 23.9. The summed E-state index contributed by atoms with van der Waals surface area (Å²) >= 11 is 0. The lowest BCUT2D eigenvalue weighted by molar-refractivity contribution is 0.414. The smallest absolute Gasteiger partial charge is 0.123 e. The summed E-state index contributed by atoms with van der Waals surface area (Å²) in [5.41, 5.74) is 7.23. The van der Waals surface area contributed by atoms with Crippen LogP contribution in [0.5, 0.6) is 5.75 Å². The number of ether oxygens (including phenoxy) is 1. The average Bonchev–Trinajstić information content (AvgIpc) is 4.24. The molecule has 0 amide bonds. The van der Waals surface area contributed by atoms with E-state index in [1.807, 2.05) is 7.11 Å². The van der Waals surface area contributed by atoms with E-state index >= 15 is 0 Å². The number of aromatic nitrogens is 1. The zero-order valence-electron chi connectivity index (χ0n) is 34.7. The van der Waals surface area contributed by atoms with Crippen molar-refractivity contribution in [1.82, 2.24) is 4.57 Å². The van der Waals surface area contributed by atoms with Crippen LogP contribution in [0.25, 0.3) is 302 Å². The van der Waals surface area contributed by atoms with Gasteiger partial charge in [-0.2, -0.15) is 0 Å².